The third-order valence-electron chi connectivity index (χ3n) is 2.86. The molecule has 0 aliphatic carbocycles. The van der Waals surface area contributed by atoms with Gasteiger partial charge in [-0.3, -0.25) is 4.79 Å². The minimum absolute atomic E-state index is 0.164. The van der Waals surface area contributed by atoms with Crippen LogP contribution in [0.15, 0.2) is 22.7 Å². The maximum Gasteiger partial charge on any atom is 0.265 e. The lowest BCUT2D eigenvalue weighted by Gasteiger charge is -2.32. The van der Waals surface area contributed by atoms with Crippen molar-refractivity contribution in [2.45, 2.75) is 18.8 Å². The lowest BCUT2D eigenvalue weighted by atomic mass is 10.1. The summed E-state index contributed by atoms with van der Waals surface area (Å²) in [6.07, 6.45) is 0.146. The first-order valence-corrected chi connectivity index (χ1v) is 6.69. The summed E-state index contributed by atoms with van der Waals surface area (Å²) in [5, 5.41) is 0.261. The number of amides is 1. The van der Waals surface area contributed by atoms with E-state index in [1.807, 2.05) is 0 Å². The average molecular weight is 339 g/mol. The lowest BCUT2D eigenvalue weighted by molar-refractivity contribution is -0.0560. The molecule has 2 rings (SSSR count). The lowest BCUT2D eigenvalue weighted by Crippen LogP contribution is -2.45. The van der Waals surface area contributed by atoms with E-state index in [1.54, 1.807) is 18.2 Å². The summed E-state index contributed by atoms with van der Waals surface area (Å²) < 4.78 is 27.1. The summed E-state index contributed by atoms with van der Waals surface area (Å²) in [4.78, 5) is 13.3. The van der Waals surface area contributed by atoms with E-state index in [1.165, 1.54) is 0 Å². The molecular weight excluding hydrogens is 327 g/mol. The Morgan fingerprint density at radius 1 is 1.44 bits per heavy atom. The highest BCUT2D eigenvalue weighted by Crippen LogP contribution is 2.30. The molecule has 0 unspecified atom stereocenters. The Balaban J connectivity index is 2.23. The van der Waals surface area contributed by atoms with Gasteiger partial charge in [-0.1, -0.05) is 17.7 Å². The highest BCUT2D eigenvalue weighted by molar-refractivity contribution is 9.10. The van der Waals surface area contributed by atoms with Gasteiger partial charge in [0.15, 0.2) is 0 Å². The zero-order valence-electron chi connectivity index (χ0n) is 9.43. The summed E-state index contributed by atoms with van der Waals surface area (Å²) in [5.74, 6) is -3.24. The molecule has 2 nitrogen and oxygen atoms in total. The van der Waals surface area contributed by atoms with Crippen molar-refractivity contribution in [3.05, 3.63) is 33.3 Å². The van der Waals surface area contributed by atoms with Crippen LogP contribution in [0.3, 0.4) is 0 Å². The van der Waals surface area contributed by atoms with E-state index in [9.17, 15) is 13.6 Å². The number of carbonyl (C=O) groups is 1. The number of piperidine rings is 1. The Bertz CT molecular complexity index is 481. The quantitative estimate of drug-likeness (QED) is 0.758. The Hall–Kier alpha value is -0.680. The Kier molecular flexibility index (Phi) is 3.92. The second kappa shape index (κ2) is 5.13. The van der Waals surface area contributed by atoms with E-state index in [4.69, 9.17) is 11.6 Å². The predicted molar refractivity (Wildman–Crippen MR) is 69.2 cm³/mol. The summed E-state index contributed by atoms with van der Waals surface area (Å²) in [6.45, 7) is -0.189. The molecular formula is C12H11BrClF2NO. The highest BCUT2D eigenvalue weighted by atomic mass is 79.9. The van der Waals surface area contributed by atoms with Gasteiger partial charge in [0.2, 0.25) is 0 Å². The van der Waals surface area contributed by atoms with E-state index >= 15 is 0 Å². The standard InChI is InChI=1S/C12H11BrClF2NO/c13-9-4-1-3-8(10(9)14)11(18)17-6-2-5-12(15,16)7-17/h1,3-4H,2,5-7H2. The van der Waals surface area contributed by atoms with Gasteiger partial charge in [-0.2, -0.15) is 0 Å². The van der Waals surface area contributed by atoms with Gasteiger partial charge >= 0.3 is 0 Å². The molecule has 1 aromatic rings. The molecule has 1 amide bonds. The van der Waals surface area contributed by atoms with Crippen molar-refractivity contribution in [1.29, 1.82) is 0 Å². The van der Waals surface area contributed by atoms with Crippen molar-refractivity contribution < 1.29 is 13.6 Å². The number of likely N-dealkylation sites (tertiary alicyclic amines) is 1. The van der Waals surface area contributed by atoms with Crippen LogP contribution in [0.4, 0.5) is 8.78 Å². The van der Waals surface area contributed by atoms with E-state index in [-0.39, 0.29) is 17.0 Å². The zero-order chi connectivity index (χ0) is 13.3. The van der Waals surface area contributed by atoms with Gasteiger partial charge in [-0.05, 0) is 34.5 Å². The number of benzene rings is 1. The molecule has 1 heterocycles. The molecule has 0 spiro atoms. The maximum atomic E-state index is 13.3. The van der Waals surface area contributed by atoms with Crippen molar-refractivity contribution in [3.63, 3.8) is 0 Å². The van der Waals surface area contributed by atoms with Gasteiger partial charge < -0.3 is 4.90 Å². The first kappa shape index (κ1) is 13.7. The van der Waals surface area contributed by atoms with Crippen molar-refractivity contribution >= 4 is 33.4 Å². The summed E-state index contributed by atoms with van der Waals surface area (Å²) in [6, 6.07) is 4.90. The second-order valence-corrected chi connectivity index (χ2v) is 5.52. The van der Waals surface area contributed by atoms with Crippen molar-refractivity contribution in [2.24, 2.45) is 0 Å². The molecule has 1 aliphatic rings. The Morgan fingerprint density at radius 2 is 2.17 bits per heavy atom. The Labute approximate surface area is 117 Å². The van der Waals surface area contributed by atoms with E-state index in [2.05, 4.69) is 15.9 Å². The number of alkyl halides is 2. The molecule has 1 saturated heterocycles. The van der Waals surface area contributed by atoms with Crippen molar-refractivity contribution in [2.75, 3.05) is 13.1 Å². The van der Waals surface area contributed by atoms with Gasteiger partial charge in [0, 0.05) is 17.4 Å². The normalized spacial score (nSPS) is 18.8. The minimum Gasteiger partial charge on any atom is -0.333 e. The fourth-order valence-corrected chi connectivity index (χ4v) is 2.55. The molecule has 98 valence electrons. The van der Waals surface area contributed by atoms with Crippen LogP contribution in [0.1, 0.15) is 23.2 Å². The number of hydrogen-bond acceptors (Lipinski definition) is 1. The highest BCUT2D eigenvalue weighted by Gasteiger charge is 2.37. The van der Waals surface area contributed by atoms with E-state index in [0.29, 0.717) is 17.4 Å². The second-order valence-electron chi connectivity index (χ2n) is 4.29. The maximum absolute atomic E-state index is 13.3. The number of halogens is 4. The van der Waals surface area contributed by atoms with E-state index in [0.717, 1.165) is 4.90 Å². The molecule has 18 heavy (non-hydrogen) atoms. The van der Waals surface area contributed by atoms with Crippen molar-refractivity contribution in [1.82, 2.24) is 4.90 Å². The largest absolute Gasteiger partial charge is 0.333 e. The van der Waals surface area contributed by atoms with Crippen LogP contribution in [-0.4, -0.2) is 29.8 Å². The first-order valence-electron chi connectivity index (χ1n) is 5.52. The number of hydrogen-bond donors (Lipinski definition) is 0. The monoisotopic (exact) mass is 337 g/mol. The predicted octanol–water partition coefficient (Wildman–Crippen LogP) is 3.97. The summed E-state index contributed by atoms with van der Waals surface area (Å²) in [7, 11) is 0. The van der Waals surface area contributed by atoms with E-state index < -0.39 is 18.4 Å². The number of rotatable bonds is 1. The van der Waals surface area contributed by atoms with Crippen molar-refractivity contribution in [3.8, 4) is 0 Å². The molecule has 0 aromatic heterocycles. The molecule has 1 fully saturated rings. The van der Waals surface area contributed by atoms with Gasteiger partial charge in [-0.25, -0.2) is 8.78 Å². The minimum atomic E-state index is -2.80. The van der Waals surface area contributed by atoms with Gasteiger partial charge in [0.1, 0.15) is 0 Å². The molecule has 1 aliphatic heterocycles. The molecule has 6 heteroatoms. The number of nitrogens with zero attached hydrogens (tertiary/aromatic N) is 1. The molecule has 0 atom stereocenters. The van der Waals surface area contributed by atoms with Crippen LogP contribution >= 0.6 is 27.5 Å². The average Bonchev–Trinajstić information content (AvgIpc) is 2.30. The topological polar surface area (TPSA) is 20.3 Å². The molecule has 0 radical (unpaired) electrons. The van der Waals surface area contributed by atoms with Crippen LogP contribution in [0, 0.1) is 0 Å². The third-order valence-corrected chi connectivity index (χ3v) is 4.16. The van der Waals surface area contributed by atoms with Crippen LogP contribution in [0.25, 0.3) is 0 Å². The first-order chi connectivity index (χ1) is 8.41. The molecule has 0 saturated carbocycles. The molecule has 0 N–H and O–H groups in total. The van der Waals surface area contributed by atoms with Gasteiger partial charge in [0.25, 0.3) is 11.8 Å². The SMILES string of the molecule is O=C(c1cccc(Br)c1Cl)N1CCCC(F)(F)C1. The molecule has 0 bridgehead atoms. The van der Waals surface area contributed by atoms with Crippen LogP contribution in [0.5, 0.6) is 0 Å². The summed E-state index contributed by atoms with van der Waals surface area (Å²) >= 11 is 9.21. The fraction of sp³-hybridized carbons (Fsp3) is 0.417. The van der Waals surface area contributed by atoms with Crippen LogP contribution in [0.2, 0.25) is 5.02 Å². The third kappa shape index (κ3) is 2.83. The Morgan fingerprint density at radius 3 is 2.83 bits per heavy atom. The fourth-order valence-electron chi connectivity index (χ4n) is 1.98. The van der Waals surface area contributed by atoms with Gasteiger partial charge in [0.05, 0.1) is 17.1 Å². The summed E-state index contributed by atoms with van der Waals surface area (Å²) in [5.41, 5.74) is 0.253. The van der Waals surface area contributed by atoms with Gasteiger partial charge in [-0.15, -0.1) is 0 Å². The smallest absolute Gasteiger partial charge is 0.265 e. The van der Waals surface area contributed by atoms with Crippen LogP contribution in [-0.2, 0) is 0 Å². The molecule has 1 aromatic carbocycles. The van der Waals surface area contributed by atoms with Crippen LogP contribution < -0.4 is 0 Å². The number of carbonyl (C=O) groups excluding carboxylic acids is 1. The zero-order valence-corrected chi connectivity index (χ0v) is 11.8.